The van der Waals surface area contributed by atoms with E-state index in [0.717, 1.165) is 10.2 Å². The monoisotopic (exact) mass is 307 g/mol. The summed E-state index contributed by atoms with van der Waals surface area (Å²) in [5, 5.41) is 0. The summed E-state index contributed by atoms with van der Waals surface area (Å²) in [6.07, 6.45) is 0. The maximum Gasteiger partial charge on any atom is 0.129 e. The number of hydrogen-bond donors (Lipinski definition) is 0. The van der Waals surface area contributed by atoms with Gasteiger partial charge in [0.15, 0.2) is 0 Å². The average Bonchev–Trinajstić information content (AvgIpc) is 2.32. The summed E-state index contributed by atoms with van der Waals surface area (Å²) in [6, 6.07) is 13.4. The molecule has 0 amide bonds. The molecule has 3 heteroatoms. The number of benzene rings is 2. The summed E-state index contributed by atoms with van der Waals surface area (Å²) in [6.45, 7) is 2.61. The summed E-state index contributed by atoms with van der Waals surface area (Å²) < 4.78 is 14.5. The first kappa shape index (κ1) is 13.1. The van der Waals surface area contributed by atoms with Gasteiger partial charge in [-0.05, 0) is 36.8 Å². The predicted molar refractivity (Wildman–Crippen MR) is 77.4 cm³/mol. The highest BCUT2D eigenvalue weighted by molar-refractivity contribution is 9.10. The van der Waals surface area contributed by atoms with Crippen molar-refractivity contribution >= 4 is 21.6 Å². The summed E-state index contributed by atoms with van der Waals surface area (Å²) in [5.74, 6) is -0.177. The molecule has 0 unspecified atom stereocenters. The highest BCUT2D eigenvalue weighted by Gasteiger charge is 2.07. The molecule has 2 aromatic rings. The van der Waals surface area contributed by atoms with E-state index in [1.165, 1.54) is 11.6 Å². The van der Waals surface area contributed by atoms with Crippen molar-refractivity contribution in [3.8, 4) is 0 Å². The van der Waals surface area contributed by atoms with Crippen LogP contribution in [0.4, 0.5) is 10.1 Å². The van der Waals surface area contributed by atoms with Gasteiger partial charge in [0.1, 0.15) is 5.82 Å². The topological polar surface area (TPSA) is 3.24 Å². The molecular weight excluding hydrogens is 293 g/mol. The molecule has 0 aliphatic heterocycles. The number of nitrogens with zero attached hydrogens (tertiary/aromatic N) is 1. The van der Waals surface area contributed by atoms with E-state index in [1.54, 1.807) is 0 Å². The van der Waals surface area contributed by atoms with Gasteiger partial charge in [-0.1, -0.05) is 34.1 Å². The zero-order valence-corrected chi connectivity index (χ0v) is 12.0. The van der Waals surface area contributed by atoms with E-state index < -0.39 is 0 Å². The fourth-order valence-electron chi connectivity index (χ4n) is 1.86. The van der Waals surface area contributed by atoms with Crippen molar-refractivity contribution in [3.63, 3.8) is 0 Å². The molecule has 0 saturated carbocycles. The van der Waals surface area contributed by atoms with Gasteiger partial charge in [-0.25, -0.2) is 4.39 Å². The Kier molecular flexibility index (Phi) is 4.02. The number of rotatable bonds is 3. The van der Waals surface area contributed by atoms with Gasteiger partial charge in [0.2, 0.25) is 0 Å². The van der Waals surface area contributed by atoms with Crippen molar-refractivity contribution < 1.29 is 4.39 Å². The molecule has 0 spiro atoms. The molecular formula is C15H15BrFN. The van der Waals surface area contributed by atoms with E-state index >= 15 is 0 Å². The standard InChI is InChI=1S/C15H15BrFN/c1-11-4-3-5-14(8-11)18(2)10-12-6-7-13(16)9-15(12)17/h3-9H,10H2,1-2H3. The van der Waals surface area contributed by atoms with Crippen LogP contribution < -0.4 is 4.90 Å². The molecule has 94 valence electrons. The normalized spacial score (nSPS) is 10.4. The number of hydrogen-bond acceptors (Lipinski definition) is 1. The molecule has 0 N–H and O–H groups in total. The van der Waals surface area contributed by atoms with Crippen molar-refractivity contribution in [3.05, 3.63) is 63.9 Å². The summed E-state index contributed by atoms with van der Waals surface area (Å²) in [5.41, 5.74) is 3.00. The van der Waals surface area contributed by atoms with Crippen LogP contribution in [0.15, 0.2) is 46.9 Å². The second-order valence-corrected chi connectivity index (χ2v) is 5.35. The van der Waals surface area contributed by atoms with Crippen LogP contribution in [0.1, 0.15) is 11.1 Å². The van der Waals surface area contributed by atoms with E-state index in [1.807, 2.05) is 36.2 Å². The lowest BCUT2D eigenvalue weighted by atomic mass is 10.1. The molecule has 2 aromatic carbocycles. The molecule has 0 saturated heterocycles. The highest BCUT2D eigenvalue weighted by atomic mass is 79.9. The molecule has 0 aliphatic rings. The van der Waals surface area contributed by atoms with Crippen LogP contribution in [0.3, 0.4) is 0 Å². The van der Waals surface area contributed by atoms with Gasteiger partial charge >= 0.3 is 0 Å². The Morgan fingerprint density at radius 1 is 1.17 bits per heavy atom. The molecule has 2 rings (SSSR count). The third-order valence-corrected chi connectivity index (χ3v) is 3.36. The average molecular weight is 308 g/mol. The van der Waals surface area contributed by atoms with E-state index in [9.17, 15) is 4.39 Å². The molecule has 0 heterocycles. The fourth-order valence-corrected chi connectivity index (χ4v) is 2.20. The lowest BCUT2D eigenvalue weighted by Crippen LogP contribution is -2.17. The fraction of sp³-hybridized carbons (Fsp3) is 0.200. The smallest absolute Gasteiger partial charge is 0.129 e. The van der Waals surface area contributed by atoms with E-state index in [2.05, 4.69) is 35.0 Å². The van der Waals surface area contributed by atoms with E-state index in [0.29, 0.717) is 12.1 Å². The molecule has 0 aliphatic carbocycles. The summed E-state index contributed by atoms with van der Waals surface area (Å²) >= 11 is 3.26. The van der Waals surface area contributed by atoms with Gasteiger partial charge in [0.25, 0.3) is 0 Å². The SMILES string of the molecule is Cc1cccc(N(C)Cc2ccc(Br)cc2F)c1. The first-order valence-corrected chi connectivity index (χ1v) is 6.57. The summed E-state index contributed by atoms with van der Waals surface area (Å²) in [4.78, 5) is 2.04. The predicted octanol–water partition coefficient (Wildman–Crippen LogP) is 4.53. The van der Waals surface area contributed by atoms with Gasteiger partial charge in [-0.2, -0.15) is 0 Å². The van der Waals surface area contributed by atoms with Crippen molar-refractivity contribution in [1.29, 1.82) is 0 Å². The van der Waals surface area contributed by atoms with E-state index in [-0.39, 0.29) is 5.82 Å². The first-order chi connectivity index (χ1) is 8.56. The Morgan fingerprint density at radius 2 is 1.94 bits per heavy atom. The lowest BCUT2D eigenvalue weighted by Gasteiger charge is -2.20. The number of halogens is 2. The molecule has 0 fully saturated rings. The van der Waals surface area contributed by atoms with Gasteiger partial charge in [0, 0.05) is 29.3 Å². The van der Waals surface area contributed by atoms with Crippen LogP contribution in [-0.4, -0.2) is 7.05 Å². The Bertz CT molecular complexity index is 554. The van der Waals surface area contributed by atoms with Crippen molar-refractivity contribution in [2.45, 2.75) is 13.5 Å². The minimum atomic E-state index is -0.177. The Labute approximate surface area is 115 Å². The molecule has 18 heavy (non-hydrogen) atoms. The maximum atomic E-state index is 13.7. The molecule has 0 radical (unpaired) electrons. The second kappa shape index (κ2) is 5.53. The first-order valence-electron chi connectivity index (χ1n) is 5.78. The molecule has 0 aromatic heterocycles. The van der Waals surface area contributed by atoms with Gasteiger partial charge in [0.05, 0.1) is 0 Å². The van der Waals surface area contributed by atoms with Gasteiger partial charge in [-0.3, -0.25) is 0 Å². The maximum absolute atomic E-state index is 13.7. The number of aryl methyl sites for hydroxylation is 1. The zero-order chi connectivity index (χ0) is 13.1. The second-order valence-electron chi connectivity index (χ2n) is 4.43. The minimum Gasteiger partial charge on any atom is -0.370 e. The Hall–Kier alpha value is -1.35. The molecule has 1 nitrogen and oxygen atoms in total. The molecule has 0 atom stereocenters. The largest absolute Gasteiger partial charge is 0.370 e. The third-order valence-electron chi connectivity index (χ3n) is 2.87. The van der Waals surface area contributed by atoms with Crippen LogP contribution in [0.5, 0.6) is 0 Å². The summed E-state index contributed by atoms with van der Waals surface area (Å²) in [7, 11) is 1.97. The van der Waals surface area contributed by atoms with Gasteiger partial charge in [-0.15, -0.1) is 0 Å². The van der Waals surface area contributed by atoms with Crippen molar-refractivity contribution in [1.82, 2.24) is 0 Å². The lowest BCUT2D eigenvalue weighted by molar-refractivity contribution is 0.607. The van der Waals surface area contributed by atoms with Crippen LogP contribution in [0.25, 0.3) is 0 Å². The molecule has 0 bridgehead atoms. The van der Waals surface area contributed by atoms with Gasteiger partial charge < -0.3 is 4.90 Å². The van der Waals surface area contributed by atoms with Crippen LogP contribution in [-0.2, 0) is 6.54 Å². The van der Waals surface area contributed by atoms with Crippen molar-refractivity contribution in [2.24, 2.45) is 0 Å². The van der Waals surface area contributed by atoms with Crippen LogP contribution in [0, 0.1) is 12.7 Å². The third kappa shape index (κ3) is 3.10. The Balaban J connectivity index is 2.18. The van der Waals surface area contributed by atoms with Crippen molar-refractivity contribution in [2.75, 3.05) is 11.9 Å². The zero-order valence-electron chi connectivity index (χ0n) is 10.5. The minimum absolute atomic E-state index is 0.177. The van der Waals surface area contributed by atoms with E-state index in [4.69, 9.17) is 0 Å². The van der Waals surface area contributed by atoms with Crippen LogP contribution >= 0.6 is 15.9 Å². The highest BCUT2D eigenvalue weighted by Crippen LogP contribution is 2.20. The Morgan fingerprint density at radius 3 is 2.61 bits per heavy atom. The van der Waals surface area contributed by atoms with Crippen LogP contribution in [0.2, 0.25) is 0 Å². The number of anilines is 1. The quantitative estimate of drug-likeness (QED) is 0.805.